The van der Waals surface area contributed by atoms with E-state index >= 15 is 0 Å². The fourth-order valence-electron chi connectivity index (χ4n) is 0.745. The maximum absolute atomic E-state index is 10.3. The first-order valence-electron chi connectivity index (χ1n) is 4.56. The molecule has 0 unspecified atom stereocenters. The normalized spacial score (nSPS) is 9.29. The Hall–Kier alpha value is 0.340. The summed E-state index contributed by atoms with van der Waals surface area (Å²) in [4.78, 5) is 10.3. The Morgan fingerprint density at radius 1 is 1.21 bits per heavy atom. The molecular weight excluding hydrogens is 246 g/mol. The summed E-state index contributed by atoms with van der Waals surface area (Å²) in [6, 6.07) is 0. The Morgan fingerprint density at radius 3 is 2.07 bits per heavy atom. The van der Waals surface area contributed by atoms with Crippen molar-refractivity contribution in [3.05, 3.63) is 0 Å². The predicted octanol–water partition coefficient (Wildman–Crippen LogP) is 4.12. The van der Waals surface area contributed by atoms with E-state index in [1.54, 1.807) is 0 Å². The van der Waals surface area contributed by atoms with E-state index in [-0.39, 0.29) is 5.97 Å². The summed E-state index contributed by atoms with van der Waals surface area (Å²) in [6.45, 7) is 4.20. The molecule has 0 radical (unpaired) electrons. The maximum Gasteiger partial charge on any atom is 0.302 e. The van der Waals surface area contributed by atoms with Gasteiger partial charge in [0.1, 0.15) is 0 Å². The van der Waals surface area contributed by atoms with Gasteiger partial charge < -0.3 is 4.74 Å². The van der Waals surface area contributed by atoms with Gasteiger partial charge in [0, 0.05) is 6.92 Å². The topological polar surface area (TPSA) is 26.3 Å². The van der Waals surface area contributed by atoms with Crippen LogP contribution in [0.5, 0.6) is 0 Å². The summed E-state index contributed by atoms with van der Waals surface area (Å²) in [6.07, 6.45) is 4.64. The number of hydrogen-bond acceptors (Lipinski definition) is 2. The smallest absolute Gasteiger partial charge is 0.302 e. The molecule has 0 aliphatic carbocycles. The SMILES string of the molecule is CCCCCCOC(C)=O.ClC(Cl)Cl. The molecule has 0 spiro atoms. The number of hydrogen-bond donors (Lipinski definition) is 0. The van der Waals surface area contributed by atoms with Gasteiger partial charge in [-0.3, -0.25) is 4.79 Å². The Kier molecular flexibility index (Phi) is 16.0. The van der Waals surface area contributed by atoms with Crippen LogP contribution < -0.4 is 0 Å². The number of carbonyl (C=O) groups is 1. The lowest BCUT2D eigenvalue weighted by molar-refractivity contribution is -0.141. The molecule has 0 saturated heterocycles. The second-order valence-electron chi connectivity index (χ2n) is 2.65. The Bertz CT molecular complexity index is 126. The van der Waals surface area contributed by atoms with E-state index in [1.807, 2.05) is 0 Å². The molecule has 14 heavy (non-hydrogen) atoms. The van der Waals surface area contributed by atoms with E-state index in [9.17, 15) is 4.79 Å². The van der Waals surface area contributed by atoms with Gasteiger partial charge in [0.25, 0.3) is 0 Å². The van der Waals surface area contributed by atoms with Gasteiger partial charge in [0.15, 0.2) is 4.30 Å². The Balaban J connectivity index is 0. The second kappa shape index (κ2) is 13.3. The zero-order valence-corrected chi connectivity index (χ0v) is 10.8. The van der Waals surface area contributed by atoms with Crippen LogP contribution in [0.15, 0.2) is 0 Å². The molecule has 0 N–H and O–H groups in total. The lowest BCUT2D eigenvalue weighted by Crippen LogP contribution is -1.99. The molecule has 0 aromatic carbocycles. The van der Waals surface area contributed by atoms with Gasteiger partial charge in [-0.05, 0) is 6.42 Å². The van der Waals surface area contributed by atoms with E-state index < -0.39 is 4.30 Å². The molecule has 0 aliphatic heterocycles. The molecule has 2 nitrogen and oxygen atoms in total. The number of rotatable bonds is 5. The highest BCUT2D eigenvalue weighted by Crippen LogP contribution is 2.03. The molecule has 0 bridgehead atoms. The molecule has 0 aromatic rings. The Morgan fingerprint density at radius 2 is 1.71 bits per heavy atom. The first kappa shape index (κ1) is 16.8. The average molecular weight is 264 g/mol. The molecule has 0 fully saturated rings. The van der Waals surface area contributed by atoms with Crippen molar-refractivity contribution in [3.8, 4) is 0 Å². The zero-order valence-electron chi connectivity index (χ0n) is 8.56. The summed E-state index contributed by atoms with van der Waals surface area (Å²) >= 11 is 14.4. The van der Waals surface area contributed by atoms with Gasteiger partial charge >= 0.3 is 5.97 Å². The molecule has 0 heterocycles. The number of unbranched alkanes of at least 4 members (excludes halogenated alkanes) is 3. The monoisotopic (exact) mass is 262 g/mol. The number of carbonyl (C=O) groups excluding carboxylic acids is 1. The van der Waals surface area contributed by atoms with Crippen LogP contribution in [0, 0.1) is 0 Å². The van der Waals surface area contributed by atoms with E-state index in [0.29, 0.717) is 6.61 Å². The minimum Gasteiger partial charge on any atom is -0.466 e. The van der Waals surface area contributed by atoms with Crippen LogP contribution in [0.1, 0.15) is 39.5 Å². The third-order valence-electron chi connectivity index (χ3n) is 1.30. The molecule has 0 aliphatic rings. The summed E-state index contributed by atoms with van der Waals surface area (Å²) < 4.78 is 4.00. The summed E-state index contributed by atoms with van der Waals surface area (Å²) in [5.74, 6) is -0.170. The molecule has 0 amide bonds. The van der Waals surface area contributed by atoms with Crippen LogP contribution in [-0.2, 0) is 9.53 Å². The predicted molar refractivity (Wildman–Crippen MR) is 62.1 cm³/mol. The molecule has 0 saturated carbocycles. The van der Waals surface area contributed by atoms with Gasteiger partial charge in [-0.2, -0.15) is 0 Å². The van der Waals surface area contributed by atoms with E-state index in [1.165, 1.54) is 26.2 Å². The number of alkyl halides is 3. The largest absolute Gasteiger partial charge is 0.466 e. The van der Waals surface area contributed by atoms with E-state index in [0.717, 1.165) is 6.42 Å². The number of ether oxygens (including phenoxy) is 1. The number of esters is 1. The van der Waals surface area contributed by atoms with Crippen molar-refractivity contribution in [2.75, 3.05) is 6.61 Å². The summed E-state index contributed by atoms with van der Waals surface area (Å²) in [7, 11) is 0. The number of halogens is 3. The van der Waals surface area contributed by atoms with Crippen molar-refractivity contribution in [2.45, 2.75) is 43.8 Å². The average Bonchev–Trinajstić information content (AvgIpc) is 2.02. The van der Waals surface area contributed by atoms with Crippen molar-refractivity contribution < 1.29 is 9.53 Å². The van der Waals surface area contributed by atoms with Gasteiger partial charge in [-0.25, -0.2) is 0 Å². The highest BCUT2D eigenvalue weighted by molar-refractivity contribution is 6.63. The lowest BCUT2D eigenvalue weighted by Gasteiger charge is -1.99. The molecule has 0 rings (SSSR count). The maximum atomic E-state index is 10.3. The van der Waals surface area contributed by atoms with Gasteiger partial charge in [-0.1, -0.05) is 61.0 Å². The van der Waals surface area contributed by atoms with Crippen LogP contribution >= 0.6 is 34.8 Å². The van der Waals surface area contributed by atoms with Gasteiger partial charge in [-0.15, -0.1) is 0 Å². The van der Waals surface area contributed by atoms with E-state index in [2.05, 4.69) is 6.92 Å². The Labute approximate surface area is 101 Å². The molecular formula is C9H17Cl3O2. The van der Waals surface area contributed by atoms with Crippen molar-refractivity contribution in [3.63, 3.8) is 0 Å². The van der Waals surface area contributed by atoms with Crippen LogP contribution in [0.3, 0.4) is 0 Å². The van der Waals surface area contributed by atoms with Crippen molar-refractivity contribution in [1.29, 1.82) is 0 Å². The fraction of sp³-hybridized carbons (Fsp3) is 0.889. The minimum absolute atomic E-state index is 0.170. The minimum atomic E-state index is -0.750. The third kappa shape index (κ3) is 29.5. The standard InChI is InChI=1S/C8H16O2.CHCl3/c1-3-4-5-6-7-10-8(2)9;2-1(3)4/h3-7H2,1-2H3;1H. The van der Waals surface area contributed by atoms with Crippen molar-refractivity contribution in [2.24, 2.45) is 0 Å². The highest BCUT2D eigenvalue weighted by Gasteiger charge is 1.91. The zero-order chi connectivity index (χ0) is 11.4. The molecule has 0 aromatic heterocycles. The van der Waals surface area contributed by atoms with Crippen LogP contribution in [0.2, 0.25) is 0 Å². The van der Waals surface area contributed by atoms with Crippen LogP contribution in [0.25, 0.3) is 0 Å². The van der Waals surface area contributed by atoms with Crippen molar-refractivity contribution >= 4 is 40.8 Å². The van der Waals surface area contributed by atoms with Gasteiger partial charge in [0.05, 0.1) is 6.61 Å². The van der Waals surface area contributed by atoms with Gasteiger partial charge in [0.2, 0.25) is 0 Å². The van der Waals surface area contributed by atoms with Crippen molar-refractivity contribution in [1.82, 2.24) is 0 Å². The molecule has 0 atom stereocenters. The van der Waals surface area contributed by atoms with Crippen LogP contribution in [-0.4, -0.2) is 16.9 Å². The quantitative estimate of drug-likeness (QED) is 0.424. The third-order valence-corrected chi connectivity index (χ3v) is 1.30. The summed E-state index contributed by atoms with van der Waals surface area (Å²) in [5.41, 5.74) is 0. The molecule has 86 valence electrons. The molecule has 5 heteroatoms. The second-order valence-corrected chi connectivity index (χ2v) is 4.63. The lowest BCUT2D eigenvalue weighted by atomic mass is 10.2. The first-order valence-corrected chi connectivity index (χ1v) is 5.87. The highest BCUT2D eigenvalue weighted by atomic mass is 35.6. The summed E-state index contributed by atoms with van der Waals surface area (Å²) in [5, 5.41) is 0. The fourth-order valence-corrected chi connectivity index (χ4v) is 0.745. The van der Waals surface area contributed by atoms with Crippen LogP contribution in [0.4, 0.5) is 0 Å². The van der Waals surface area contributed by atoms with E-state index in [4.69, 9.17) is 39.5 Å². The first-order chi connectivity index (χ1) is 6.50.